The summed E-state index contributed by atoms with van der Waals surface area (Å²) in [4.78, 5) is 94.6. The number of thioether (sulfide) groups is 2. The highest BCUT2D eigenvalue weighted by Crippen LogP contribution is 2.47. The number of amides is 2. The van der Waals surface area contributed by atoms with E-state index < -0.39 is 63.7 Å². The molecule has 0 saturated carbocycles. The number of aromatic nitrogens is 1. The number of esters is 1. The van der Waals surface area contributed by atoms with Gasteiger partial charge in [0, 0.05) is 28.3 Å². The Balaban J connectivity index is 0.984. The molecule has 1 saturated heterocycles. The monoisotopic (exact) mass is 1260 g/mol. The van der Waals surface area contributed by atoms with E-state index in [4.69, 9.17) is 38.2 Å². The third-order valence-corrected chi connectivity index (χ3v) is 18.1. The Morgan fingerprint density at radius 2 is 1.39 bits per heavy atom. The molecule has 5 aromatic carbocycles. The highest BCUT2D eigenvalue weighted by atomic mass is 79.9. The predicted octanol–water partition coefficient (Wildman–Crippen LogP) is 12.1. The number of β-lactam (4-membered cyclic amide) rings is 1. The zero-order valence-corrected chi connectivity index (χ0v) is 51.0. The molecular weight excluding hydrogens is 1210 g/mol. The summed E-state index contributed by atoms with van der Waals surface area (Å²) in [7, 11) is 2.85. The molecular formula is C60H56BrN5O13S4. The van der Waals surface area contributed by atoms with E-state index >= 15 is 0 Å². The van der Waals surface area contributed by atoms with Crippen molar-refractivity contribution in [3.05, 3.63) is 187 Å². The standard InChI is InChI=1S/C60H56BrN5O13S4/c1-58(2,3)78-56(71)76-43-28-40-42(67)29-44(83-50(40)45(61)49(43)77-57(72)79-59(4,5)6)80-31-35-32-81-53-47(52(69)66(53)48(35)54(70)75-30-34-24-26-39(73-7)27-25-34)63-51(68)46(65-74-8)41-33-82-55(62-41)64-60(36-18-12-9-13-19-36,37-20-14-10-15-21-37)38-22-16-11-17-23-38/h9-29,33,47,53H,30-32H2,1-8H3,(H,62,64)(H,63,68)/b65-46-/t47?,53-/m1/s1. The van der Waals surface area contributed by atoms with Gasteiger partial charge < -0.3 is 43.9 Å². The Morgan fingerprint density at radius 3 is 1.95 bits per heavy atom. The molecule has 18 nitrogen and oxygen atoms in total. The SMILES string of the molecule is CO/N=C(\C(=O)NC1C(=O)N2C(C(=O)OCc3ccc(OC)cc3)=C(CSc3cc(=O)c4cc(OC(=O)OC(C)(C)C)c(OC(=O)OC(C)(C)C)c(Br)c4s3)CS[C@H]12)c1csc(NC(c2ccccc2)(c2ccccc2)c2ccccc2)n1. The summed E-state index contributed by atoms with van der Waals surface area (Å²) in [5.41, 5.74) is 0.755. The van der Waals surface area contributed by atoms with Crippen LogP contribution in [0.25, 0.3) is 10.1 Å². The highest BCUT2D eigenvalue weighted by molar-refractivity contribution is 9.10. The van der Waals surface area contributed by atoms with E-state index in [0.717, 1.165) is 28.0 Å². The van der Waals surface area contributed by atoms with Crippen molar-refractivity contribution >= 4 is 113 Å². The summed E-state index contributed by atoms with van der Waals surface area (Å²) < 4.78 is 34.0. The van der Waals surface area contributed by atoms with Crippen LogP contribution in [-0.2, 0) is 45.6 Å². The molecule has 9 rings (SSSR count). The minimum atomic E-state index is -1.10. The van der Waals surface area contributed by atoms with Gasteiger partial charge in [0.1, 0.15) is 59.0 Å². The number of thiazole rings is 1. The third kappa shape index (κ3) is 13.7. The fourth-order valence-electron chi connectivity index (χ4n) is 8.91. The number of ether oxygens (including phenoxy) is 6. The Bertz CT molecular complexity index is 3600. The molecule has 4 heterocycles. The molecule has 1 unspecified atom stereocenters. The summed E-state index contributed by atoms with van der Waals surface area (Å²) in [5.74, 6) is -1.67. The summed E-state index contributed by atoms with van der Waals surface area (Å²) in [5, 5.41) is 12.2. The van der Waals surface area contributed by atoms with Crippen LogP contribution in [0.1, 0.15) is 69.5 Å². The van der Waals surface area contributed by atoms with Crippen LogP contribution in [-0.4, -0.2) is 94.0 Å². The summed E-state index contributed by atoms with van der Waals surface area (Å²) in [6, 6.07) is 38.5. The molecule has 2 aromatic heterocycles. The van der Waals surface area contributed by atoms with Crippen molar-refractivity contribution in [3.8, 4) is 17.2 Å². The van der Waals surface area contributed by atoms with Gasteiger partial charge in [0.15, 0.2) is 27.8 Å². The van der Waals surface area contributed by atoms with Crippen LogP contribution in [0.3, 0.4) is 0 Å². The number of rotatable bonds is 18. The molecule has 430 valence electrons. The highest BCUT2D eigenvalue weighted by Gasteiger charge is 2.55. The number of hydrogen-bond acceptors (Lipinski definition) is 20. The van der Waals surface area contributed by atoms with Crippen LogP contribution in [0.15, 0.2) is 163 Å². The number of oxime groups is 1. The summed E-state index contributed by atoms with van der Waals surface area (Å²) in [6.07, 6.45) is -2.20. The first-order valence-corrected chi connectivity index (χ1v) is 30.2. The molecule has 0 aliphatic carbocycles. The zero-order valence-electron chi connectivity index (χ0n) is 46.1. The molecule has 0 radical (unpaired) electrons. The van der Waals surface area contributed by atoms with Crippen molar-refractivity contribution in [2.45, 2.75) is 80.5 Å². The lowest BCUT2D eigenvalue weighted by Gasteiger charge is -2.49. The first-order chi connectivity index (χ1) is 39.7. The number of fused-ring (bicyclic) bond motifs is 2. The molecule has 2 aliphatic heterocycles. The van der Waals surface area contributed by atoms with Gasteiger partial charge in [-0.1, -0.05) is 108 Å². The summed E-state index contributed by atoms with van der Waals surface area (Å²) in [6.45, 7) is 9.77. The second-order valence-corrected chi connectivity index (χ2v) is 25.7. The van der Waals surface area contributed by atoms with Crippen molar-refractivity contribution in [1.82, 2.24) is 15.2 Å². The van der Waals surface area contributed by atoms with Crippen LogP contribution in [0.5, 0.6) is 17.2 Å². The van der Waals surface area contributed by atoms with E-state index in [0.29, 0.717) is 30.9 Å². The van der Waals surface area contributed by atoms with Crippen LogP contribution in [0.4, 0.5) is 14.7 Å². The van der Waals surface area contributed by atoms with Crippen LogP contribution >= 0.6 is 62.1 Å². The molecule has 1 fully saturated rings. The number of anilines is 1. The minimum absolute atomic E-state index is 0.00344. The summed E-state index contributed by atoms with van der Waals surface area (Å²) >= 11 is 8.47. The van der Waals surface area contributed by atoms with Gasteiger partial charge in [0.2, 0.25) is 0 Å². The van der Waals surface area contributed by atoms with Gasteiger partial charge in [-0.05, 0) is 103 Å². The number of carbonyl (C=O) groups is 5. The number of halogens is 1. The number of hydrogen-bond donors (Lipinski definition) is 2. The Hall–Kier alpha value is -7.70. The largest absolute Gasteiger partial charge is 0.514 e. The molecule has 7 aromatic rings. The maximum Gasteiger partial charge on any atom is 0.514 e. The van der Waals surface area contributed by atoms with E-state index in [1.165, 1.54) is 59.0 Å². The van der Waals surface area contributed by atoms with Gasteiger partial charge in [0.25, 0.3) is 11.8 Å². The molecule has 0 spiro atoms. The molecule has 83 heavy (non-hydrogen) atoms. The van der Waals surface area contributed by atoms with Gasteiger partial charge in [-0.3, -0.25) is 19.3 Å². The Labute approximate surface area is 503 Å². The molecule has 2 amide bonds. The number of methoxy groups -OCH3 is 1. The molecule has 2 atom stereocenters. The van der Waals surface area contributed by atoms with Crippen molar-refractivity contribution in [2.75, 3.05) is 31.0 Å². The molecule has 2 aliphatic rings. The van der Waals surface area contributed by atoms with Crippen LogP contribution < -0.4 is 30.3 Å². The van der Waals surface area contributed by atoms with Gasteiger partial charge in [-0.15, -0.1) is 46.2 Å². The Morgan fingerprint density at radius 1 is 0.795 bits per heavy atom. The third-order valence-electron chi connectivity index (χ3n) is 12.5. The second kappa shape index (κ2) is 25.4. The lowest BCUT2D eigenvalue weighted by atomic mass is 9.77. The van der Waals surface area contributed by atoms with Gasteiger partial charge in [-0.2, -0.15) is 0 Å². The molecule has 23 heteroatoms. The minimum Gasteiger partial charge on any atom is -0.497 e. The maximum atomic E-state index is 14.5. The number of carbonyl (C=O) groups excluding carboxylic acids is 5. The fourth-order valence-corrected chi connectivity index (χ4v) is 14.1. The van der Waals surface area contributed by atoms with E-state index in [1.54, 1.807) is 78.3 Å². The first-order valence-electron chi connectivity index (χ1n) is 25.7. The average Bonchev–Trinajstić information content (AvgIpc) is 2.03. The molecule has 0 bridgehead atoms. The lowest BCUT2D eigenvalue weighted by molar-refractivity contribution is -0.153. The fraction of sp³-hybridized carbons (Fsp3) is 0.267. The molecule has 2 N–H and O–H groups in total. The average molecular weight is 1260 g/mol. The number of nitrogens with one attached hydrogen (secondary N) is 2. The second-order valence-electron chi connectivity index (χ2n) is 20.6. The topological polar surface area (TPSA) is 220 Å². The van der Waals surface area contributed by atoms with Crippen molar-refractivity contribution < 1.29 is 57.2 Å². The van der Waals surface area contributed by atoms with Crippen molar-refractivity contribution in [2.24, 2.45) is 5.16 Å². The van der Waals surface area contributed by atoms with Crippen LogP contribution in [0, 0.1) is 0 Å². The number of nitrogens with zero attached hydrogens (tertiary/aromatic N) is 3. The van der Waals surface area contributed by atoms with Crippen LogP contribution in [0.2, 0.25) is 0 Å². The van der Waals surface area contributed by atoms with E-state index in [2.05, 4.69) is 31.7 Å². The maximum absolute atomic E-state index is 14.5. The van der Waals surface area contributed by atoms with Gasteiger partial charge in [0.05, 0.1) is 20.5 Å². The predicted molar refractivity (Wildman–Crippen MR) is 324 cm³/mol. The van der Waals surface area contributed by atoms with Crippen molar-refractivity contribution in [1.29, 1.82) is 0 Å². The first kappa shape index (κ1) is 59.9. The van der Waals surface area contributed by atoms with E-state index in [9.17, 15) is 28.8 Å². The normalized spacial score (nSPS) is 15.4. The van der Waals surface area contributed by atoms with E-state index in [-0.39, 0.29) is 56.6 Å². The zero-order chi connectivity index (χ0) is 59.2. The Kier molecular flexibility index (Phi) is 18.4. The van der Waals surface area contributed by atoms with Gasteiger partial charge in [-0.25, -0.2) is 19.4 Å². The van der Waals surface area contributed by atoms with Crippen molar-refractivity contribution in [3.63, 3.8) is 0 Å². The quantitative estimate of drug-likeness (QED) is 0.0119. The van der Waals surface area contributed by atoms with E-state index in [1.807, 2.05) is 91.0 Å². The number of benzene rings is 5. The van der Waals surface area contributed by atoms with Gasteiger partial charge >= 0.3 is 18.3 Å². The lowest BCUT2D eigenvalue weighted by Crippen LogP contribution is -2.71. The smallest absolute Gasteiger partial charge is 0.497 e.